The number of sulfonamides is 1. The van der Waals surface area contributed by atoms with Crippen LogP contribution in [-0.2, 0) is 14.8 Å². The molecule has 108 valence electrons. The van der Waals surface area contributed by atoms with Crippen molar-refractivity contribution in [2.45, 2.75) is 24.8 Å². The predicted molar refractivity (Wildman–Crippen MR) is 76.8 cm³/mol. The van der Waals surface area contributed by atoms with E-state index in [1.54, 1.807) is 19.9 Å². The van der Waals surface area contributed by atoms with Crippen LogP contribution < -0.4 is 5.73 Å². The largest absolute Gasteiger partial charge is 0.398 e. The standard InChI is InChI=1S/C12H19ClN2O3S/c1-4-15(9(2)8-18-3)19(16,17)12-7-10(13)5-6-11(12)14/h5-7,9H,4,8,14H2,1-3H3. The molecule has 1 atom stereocenters. The highest BCUT2D eigenvalue weighted by atomic mass is 35.5. The predicted octanol–water partition coefficient (Wildman–Crippen LogP) is 1.97. The van der Waals surface area contributed by atoms with Gasteiger partial charge in [-0.05, 0) is 25.1 Å². The molecule has 0 aliphatic carbocycles. The number of nitrogen functional groups attached to an aromatic ring is 1. The maximum absolute atomic E-state index is 12.6. The number of hydrogen-bond donors (Lipinski definition) is 1. The highest BCUT2D eigenvalue weighted by molar-refractivity contribution is 7.89. The minimum Gasteiger partial charge on any atom is -0.398 e. The number of anilines is 1. The van der Waals surface area contributed by atoms with Crippen molar-refractivity contribution in [3.63, 3.8) is 0 Å². The van der Waals surface area contributed by atoms with Gasteiger partial charge in [0.25, 0.3) is 0 Å². The third kappa shape index (κ3) is 3.60. The molecule has 1 aromatic carbocycles. The summed E-state index contributed by atoms with van der Waals surface area (Å²) in [6.07, 6.45) is 0. The lowest BCUT2D eigenvalue weighted by molar-refractivity contribution is 0.142. The molecule has 0 saturated heterocycles. The lowest BCUT2D eigenvalue weighted by Crippen LogP contribution is -2.41. The molecular weight excluding hydrogens is 288 g/mol. The minimum absolute atomic E-state index is 0.0322. The Morgan fingerprint density at radius 1 is 1.47 bits per heavy atom. The van der Waals surface area contributed by atoms with Gasteiger partial charge in [-0.2, -0.15) is 4.31 Å². The summed E-state index contributed by atoms with van der Waals surface area (Å²) in [6.45, 7) is 4.20. The fraction of sp³-hybridized carbons (Fsp3) is 0.500. The van der Waals surface area contributed by atoms with Crippen molar-refractivity contribution in [3.8, 4) is 0 Å². The van der Waals surface area contributed by atoms with Crippen molar-refractivity contribution in [1.82, 2.24) is 4.31 Å². The molecule has 2 N–H and O–H groups in total. The molecule has 1 rings (SSSR count). The van der Waals surface area contributed by atoms with Crippen LogP contribution in [0.5, 0.6) is 0 Å². The van der Waals surface area contributed by atoms with Crippen molar-refractivity contribution < 1.29 is 13.2 Å². The highest BCUT2D eigenvalue weighted by Crippen LogP contribution is 2.26. The van der Waals surface area contributed by atoms with E-state index in [4.69, 9.17) is 22.1 Å². The monoisotopic (exact) mass is 306 g/mol. The van der Waals surface area contributed by atoms with E-state index in [1.165, 1.54) is 23.5 Å². The smallest absolute Gasteiger partial charge is 0.245 e. The number of ether oxygens (including phenoxy) is 1. The van der Waals surface area contributed by atoms with Gasteiger partial charge in [0, 0.05) is 24.7 Å². The van der Waals surface area contributed by atoms with Crippen LogP contribution in [0, 0.1) is 0 Å². The van der Waals surface area contributed by atoms with Gasteiger partial charge < -0.3 is 10.5 Å². The molecule has 0 heterocycles. The van der Waals surface area contributed by atoms with Gasteiger partial charge in [-0.15, -0.1) is 0 Å². The second-order valence-corrected chi connectivity index (χ2v) is 6.49. The number of nitrogens with two attached hydrogens (primary N) is 1. The fourth-order valence-corrected chi connectivity index (χ4v) is 3.91. The summed E-state index contributed by atoms with van der Waals surface area (Å²) < 4.78 is 31.5. The first-order valence-electron chi connectivity index (χ1n) is 5.90. The van der Waals surface area contributed by atoms with E-state index in [1.807, 2.05) is 0 Å². The molecular formula is C12H19ClN2O3S. The van der Waals surface area contributed by atoms with E-state index in [0.29, 0.717) is 18.2 Å². The molecule has 0 radical (unpaired) electrons. The number of benzene rings is 1. The van der Waals surface area contributed by atoms with Crippen LogP contribution in [0.4, 0.5) is 5.69 Å². The van der Waals surface area contributed by atoms with Crippen molar-refractivity contribution in [2.24, 2.45) is 0 Å². The molecule has 0 amide bonds. The normalized spacial score (nSPS) is 13.7. The van der Waals surface area contributed by atoms with Crippen LogP contribution in [-0.4, -0.2) is 39.0 Å². The summed E-state index contributed by atoms with van der Waals surface area (Å²) in [5.41, 5.74) is 5.93. The number of rotatable bonds is 6. The topological polar surface area (TPSA) is 72.6 Å². The van der Waals surface area contributed by atoms with Crippen molar-refractivity contribution in [3.05, 3.63) is 23.2 Å². The van der Waals surface area contributed by atoms with Crippen LogP contribution in [0.1, 0.15) is 13.8 Å². The summed E-state index contributed by atoms with van der Waals surface area (Å²) in [5.74, 6) is 0. The first kappa shape index (κ1) is 16.2. The van der Waals surface area contributed by atoms with E-state index < -0.39 is 10.0 Å². The molecule has 0 aliphatic rings. The van der Waals surface area contributed by atoms with Gasteiger partial charge in [0.15, 0.2) is 0 Å². The van der Waals surface area contributed by atoms with Crippen molar-refractivity contribution in [2.75, 3.05) is 26.0 Å². The number of methoxy groups -OCH3 is 1. The van der Waals surface area contributed by atoms with E-state index in [-0.39, 0.29) is 16.6 Å². The lowest BCUT2D eigenvalue weighted by Gasteiger charge is -2.27. The molecule has 0 saturated carbocycles. The zero-order chi connectivity index (χ0) is 14.6. The average molecular weight is 307 g/mol. The molecule has 0 aliphatic heterocycles. The van der Waals surface area contributed by atoms with Crippen LogP contribution >= 0.6 is 11.6 Å². The van der Waals surface area contributed by atoms with Crippen molar-refractivity contribution >= 4 is 27.3 Å². The Balaban J connectivity index is 3.24. The van der Waals surface area contributed by atoms with Gasteiger partial charge in [0.1, 0.15) is 4.90 Å². The minimum atomic E-state index is -3.68. The maximum atomic E-state index is 12.6. The van der Waals surface area contributed by atoms with E-state index in [0.717, 1.165) is 0 Å². The molecule has 1 aromatic rings. The van der Waals surface area contributed by atoms with Crippen LogP contribution in [0.3, 0.4) is 0 Å². The quantitative estimate of drug-likeness (QED) is 0.816. The van der Waals surface area contributed by atoms with Crippen LogP contribution in [0.15, 0.2) is 23.1 Å². The summed E-state index contributed by atoms with van der Waals surface area (Å²) >= 11 is 5.85. The van der Waals surface area contributed by atoms with E-state index in [2.05, 4.69) is 0 Å². The Morgan fingerprint density at radius 3 is 2.63 bits per heavy atom. The Kier molecular flexibility index (Phi) is 5.61. The molecule has 7 heteroatoms. The number of halogens is 1. The summed E-state index contributed by atoms with van der Waals surface area (Å²) in [7, 11) is -2.15. The summed E-state index contributed by atoms with van der Waals surface area (Å²) in [4.78, 5) is 0.0322. The zero-order valence-electron chi connectivity index (χ0n) is 11.3. The van der Waals surface area contributed by atoms with Crippen molar-refractivity contribution in [1.29, 1.82) is 0 Å². The van der Waals surface area contributed by atoms with E-state index >= 15 is 0 Å². The third-order valence-electron chi connectivity index (χ3n) is 2.77. The Morgan fingerprint density at radius 2 is 2.11 bits per heavy atom. The summed E-state index contributed by atoms with van der Waals surface area (Å²) in [5, 5.41) is 0.336. The third-order valence-corrected chi connectivity index (χ3v) is 5.15. The van der Waals surface area contributed by atoms with Gasteiger partial charge in [0.05, 0.1) is 12.3 Å². The van der Waals surface area contributed by atoms with Crippen LogP contribution in [0.2, 0.25) is 5.02 Å². The first-order valence-corrected chi connectivity index (χ1v) is 7.72. The molecule has 0 bridgehead atoms. The molecule has 0 aromatic heterocycles. The Hall–Kier alpha value is -0.820. The average Bonchev–Trinajstić information content (AvgIpc) is 2.33. The number of nitrogens with zero attached hydrogens (tertiary/aromatic N) is 1. The molecule has 0 fully saturated rings. The first-order chi connectivity index (χ1) is 8.84. The second kappa shape index (κ2) is 6.56. The Labute approximate surface area is 119 Å². The van der Waals surface area contributed by atoms with Gasteiger partial charge in [-0.1, -0.05) is 18.5 Å². The Bertz CT molecular complexity index is 534. The lowest BCUT2D eigenvalue weighted by atomic mass is 10.3. The number of hydrogen-bond acceptors (Lipinski definition) is 4. The zero-order valence-corrected chi connectivity index (χ0v) is 12.8. The second-order valence-electron chi connectivity index (χ2n) is 4.19. The summed E-state index contributed by atoms with van der Waals surface area (Å²) in [6, 6.07) is 4.14. The molecule has 5 nitrogen and oxygen atoms in total. The van der Waals surface area contributed by atoms with Gasteiger partial charge in [-0.3, -0.25) is 0 Å². The highest BCUT2D eigenvalue weighted by Gasteiger charge is 2.29. The van der Waals surface area contributed by atoms with Gasteiger partial charge in [0.2, 0.25) is 10.0 Å². The van der Waals surface area contributed by atoms with Gasteiger partial charge in [-0.25, -0.2) is 8.42 Å². The fourth-order valence-electron chi connectivity index (χ4n) is 1.90. The molecule has 1 unspecified atom stereocenters. The number of likely N-dealkylation sites (N-methyl/N-ethyl adjacent to an activating group) is 1. The van der Waals surface area contributed by atoms with E-state index in [9.17, 15) is 8.42 Å². The van der Waals surface area contributed by atoms with Crippen LogP contribution in [0.25, 0.3) is 0 Å². The SMILES string of the molecule is CCN(C(C)COC)S(=O)(=O)c1cc(Cl)ccc1N. The molecule has 19 heavy (non-hydrogen) atoms. The maximum Gasteiger partial charge on any atom is 0.245 e. The molecule has 0 spiro atoms. The van der Waals surface area contributed by atoms with Gasteiger partial charge >= 0.3 is 0 Å².